The summed E-state index contributed by atoms with van der Waals surface area (Å²) in [7, 11) is 0. The molecule has 1 aromatic rings. The largest absolute Gasteiger partial charge is 0.337 e. The average Bonchev–Trinajstić information content (AvgIpc) is 2.55. The molecule has 1 saturated heterocycles. The number of amides is 3. The first kappa shape index (κ1) is 19.3. The van der Waals surface area contributed by atoms with Gasteiger partial charge < -0.3 is 15.1 Å². The highest BCUT2D eigenvalue weighted by atomic mass is 16.2. The second kappa shape index (κ2) is 7.46. The maximum absolute atomic E-state index is 12.8. The van der Waals surface area contributed by atoms with Crippen molar-refractivity contribution in [2.75, 3.05) is 32.7 Å². The van der Waals surface area contributed by atoms with E-state index in [-0.39, 0.29) is 17.4 Å². The summed E-state index contributed by atoms with van der Waals surface area (Å²) in [4.78, 5) is 28.7. The van der Waals surface area contributed by atoms with Gasteiger partial charge in [-0.2, -0.15) is 0 Å². The normalized spacial score (nSPS) is 15.3. The summed E-state index contributed by atoms with van der Waals surface area (Å²) < 4.78 is 0. The number of rotatable bonds is 2. The third-order valence-corrected chi connectivity index (χ3v) is 4.70. The molecule has 0 aliphatic carbocycles. The quantitative estimate of drug-likeness (QED) is 0.895. The number of nitrogens with zero attached hydrogens (tertiary/aromatic N) is 2. The second-order valence-electron chi connectivity index (χ2n) is 8.25. The predicted molar refractivity (Wildman–Crippen MR) is 101 cm³/mol. The molecule has 0 saturated carbocycles. The minimum absolute atomic E-state index is 0.0376. The lowest BCUT2D eigenvalue weighted by atomic mass is 9.97. The van der Waals surface area contributed by atoms with Gasteiger partial charge in [0.2, 0.25) is 0 Å². The maximum atomic E-state index is 12.8. The average molecular weight is 345 g/mol. The van der Waals surface area contributed by atoms with Crippen LogP contribution in [0.3, 0.4) is 0 Å². The van der Waals surface area contributed by atoms with E-state index in [1.54, 1.807) is 4.90 Å². The Kier molecular flexibility index (Phi) is 5.76. The molecule has 1 heterocycles. The molecule has 2 rings (SSSR count). The van der Waals surface area contributed by atoms with Gasteiger partial charge in [0.25, 0.3) is 5.91 Å². The van der Waals surface area contributed by atoms with E-state index in [0.717, 1.165) is 16.7 Å². The monoisotopic (exact) mass is 345 g/mol. The predicted octanol–water partition coefficient (Wildman–Crippen LogP) is 3.13. The van der Waals surface area contributed by atoms with Crippen molar-refractivity contribution in [3.8, 4) is 0 Å². The first-order chi connectivity index (χ1) is 11.6. The van der Waals surface area contributed by atoms with Crippen LogP contribution in [0.15, 0.2) is 12.1 Å². The molecular formula is C20H31N3O2. The highest BCUT2D eigenvalue weighted by Gasteiger charge is 2.26. The van der Waals surface area contributed by atoms with Crippen molar-refractivity contribution in [2.45, 2.75) is 41.5 Å². The van der Waals surface area contributed by atoms with E-state index in [9.17, 15) is 9.59 Å². The summed E-state index contributed by atoms with van der Waals surface area (Å²) >= 11 is 0. The zero-order valence-electron chi connectivity index (χ0n) is 16.4. The lowest BCUT2D eigenvalue weighted by Gasteiger charge is -2.35. The fourth-order valence-electron chi connectivity index (χ4n) is 2.93. The van der Waals surface area contributed by atoms with Gasteiger partial charge in [-0.1, -0.05) is 26.8 Å². The molecule has 3 amide bonds. The van der Waals surface area contributed by atoms with Crippen molar-refractivity contribution >= 4 is 11.9 Å². The van der Waals surface area contributed by atoms with Crippen LogP contribution in [0.5, 0.6) is 0 Å². The summed E-state index contributed by atoms with van der Waals surface area (Å²) in [6.45, 7) is 15.3. The first-order valence-corrected chi connectivity index (χ1v) is 8.98. The Morgan fingerprint density at radius 2 is 1.44 bits per heavy atom. The van der Waals surface area contributed by atoms with Crippen LogP contribution in [-0.4, -0.2) is 54.5 Å². The Balaban J connectivity index is 1.95. The highest BCUT2D eigenvalue weighted by Crippen LogP contribution is 2.18. The van der Waals surface area contributed by atoms with Gasteiger partial charge in [-0.15, -0.1) is 0 Å². The number of urea groups is 1. The minimum Gasteiger partial charge on any atom is -0.337 e. The number of carbonyl (C=O) groups is 2. The molecule has 5 nitrogen and oxygen atoms in total. The van der Waals surface area contributed by atoms with E-state index in [4.69, 9.17) is 0 Å². The van der Waals surface area contributed by atoms with Crippen molar-refractivity contribution in [2.24, 2.45) is 5.41 Å². The fraction of sp³-hybridized carbons (Fsp3) is 0.600. The van der Waals surface area contributed by atoms with Gasteiger partial charge in [0.1, 0.15) is 0 Å². The summed E-state index contributed by atoms with van der Waals surface area (Å²) in [5.74, 6) is 0.0651. The number of hydrogen-bond donors (Lipinski definition) is 1. The summed E-state index contributed by atoms with van der Waals surface area (Å²) in [5, 5.41) is 2.97. The molecule has 0 radical (unpaired) electrons. The van der Waals surface area contributed by atoms with E-state index >= 15 is 0 Å². The van der Waals surface area contributed by atoms with Gasteiger partial charge >= 0.3 is 6.03 Å². The van der Waals surface area contributed by atoms with Crippen molar-refractivity contribution in [3.05, 3.63) is 34.4 Å². The smallest absolute Gasteiger partial charge is 0.317 e. The third-order valence-electron chi connectivity index (χ3n) is 4.70. The zero-order valence-corrected chi connectivity index (χ0v) is 16.4. The van der Waals surface area contributed by atoms with E-state index in [2.05, 4.69) is 39.1 Å². The van der Waals surface area contributed by atoms with Crippen LogP contribution < -0.4 is 5.32 Å². The fourth-order valence-corrected chi connectivity index (χ4v) is 2.93. The molecule has 0 aromatic heterocycles. The molecule has 1 aliphatic rings. The Morgan fingerprint density at radius 3 is 2.00 bits per heavy atom. The van der Waals surface area contributed by atoms with E-state index < -0.39 is 0 Å². The molecular weight excluding hydrogens is 314 g/mol. The molecule has 0 spiro atoms. The molecule has 1 aliphatic heterocycles. The number of piperazine rings is 1. The first-order valence-electron chi connectivity index (χ1n) is 8.98. The second-order valence-corrected chi connectivity index (χ2v) is 8.25. The lowest BCUT2D eigenvalue weighted by molar-refractivity contribution is 0.0663. The minimum atomic E-state index is -0.0376. The number of carbonyl (C=O) groups excluding carboxylic acids is 2. The Labute approximate surface area is 151 Å². The van der Waals surface area contributed by atoms with Crippen LogP contribution >= 0.6 is 0 Å². The summed E-state index contributed by atoms with van der Waals surface area (Å²) in [6.07, 6.45) is 0. The van der Waals surface area contributed by atoms with E-state index in [1.807, 2.05) is 24.8 Å². The lowest BCUT2D eigenvalue weighted by Crippen LogP contribution is -2.54. The standard InChI is InChI=1S/C20H31N3O2/c1-14-11-16(3)17(12-15(14)2)18(24)22-7-9-23(10-8-22)19(25)21-13-20(4,5)6/h11-12H,7-10,13H2,1-6H3,(H,21,25). The number of aryl methyl sites for hydroxylation is 3. The van der Waals surface area contributed by atoms with Gasteiger partial charge in [0.05, 0.1) is 0 Å². The van der Waals surface area contributed by atoms with Gasteiger partial charge in [-0.3, -0.25) is 4.79 Å². The van der Waals surface area contributed by atoms with E-state index in [1.165, 1.54) is 5.56 Å². The van der Waals surface area contributed by atoms with Crippen LogP contribution in [0.2, 0.25) is 0 Å². The molecule has 25 heavy (non-hydrogen) atoms. The Bertz CT molecular complexity index is 654. The SMILES string of the molecule is Cc1cc(C)c(C(=O)N2CCN(C(=O)NCC(C)(C)C)CC2)cc1C. The molecule has 5 heteroatoms. The molecule has 1 aromatic carbocycles. The molecule has 0 unspecified atom stereocenters. The van der Waals surface area contributed by atoms with Crippen molar-refractivity contribution in [1.82, 2.24) is 15.1 Å². The van der Waals surface area contributed by atoms with Crippen molar-refractivity contribution in [1.29, 1.82) is 0 Å². The van der Waals surface area contributed by atoms with Crippen molar-refractivity contribution in [3.63, 3.8) is 0 Å². The van der Waals surface area contributed by atoms with Gasteiger partial charge in [0.15, 0.2) is 0 Å². The Morgan fingerprint density at radius 1 is 0.920 bits per heavy atom. The van der Waals surface area contributed by atoms with Crippen LogP contribution in [-0.2, 0) is 0 Å². The van der Waals surface area contributed by atoms with Crippen LogP contribution in [0, 0.1) is 26.2 Å². The van der Waals surface area contributed by atoms with Gasteiger partial charge in [-0.25, -0.2) is 4.79 Å². The number of benzene rings is 1. The van der Waals surface area contributed by atoms with Crippen LogP contribution in [0.1, 0.15) is 47.8 Å². The zero-order chi connectivity index (χ0) is 18.8. The third kappa shape index (κ3) is 4.97. The molecule has 0 bridgehead atoms. The summed E-state index contributed by atoms with van der Waals surface area (Å²) in [5.41, 5.74) is 4.18. The van der Waals surface area contributed by atoms with Crippen LogP contribution in [0.4, 0.5) is 4.79 Å². The molecule has 0 atom stereocenters. The maximum Gasteiger partial charge on any atom is 0.317 e. The Hall–Kier alpha value is -2.04. The van der Waals surface area contributed by atoms with Gasteiger partial charge in [-0.05, 0) is 48.9 Å². The summed E-state index contributed by atoms with van der Waals surface area (Å²) in [6, 6.07) is 4.01. The number of hydrogen-bond acceptors (Lipinski definition) is 2. The van der Waals surface area contributed by atoms with Crippen molar-refractivity contribution < 1.29 is 9.59 Å². The topological polar surface area (TPSA) is 52.7 Å². The molecule has 1 N–H and O–H groups in total. The molecule has 138 valence electrons. The molecule has 1 fully saturated rings. The van der Waals surface area contributed by atoms with E-state index in [0.29, 0.717) is 32.7 Å². The van der Waals surface area contributed by atoms with Crippen LogP contribution in [0.25, 0.3) is 0 Å². The van der Waals surface area contributed by atoms with Gasteiger partial charge in [0, 0.05) is 38.3 Å². The number of nitrogens with one attached hydrogen (secondary N) is 1. The highest BCUT2D eigenvalue weighted by molar-refractivity contribution is 5.96.